The Bertz CT molecular complexity index is 431. The van der Waals surface area contributed by atoms with Crippen molar-refractivity contribution in [2.75, 3.05) is 20.1 Å². The highest BCUT2D eigenvalue weighted by molar-refractivity contribution is 7.07. The fraction of sp³-hybridized carbons (Fsp3) is 0.667. The van der Waals surface area contributed by atoms with Gasteiger partial charge in [0, 0.05) is 39.1 Å². The molecule has 0 N–H and O–H groups in total. The smallest absolute Gasteiger partial charge is 0.222 e. The lowest BCUT2D eigenvalue weighted by Crippen LogP contribution is -2.49. The average Bonchev–Trinajstić information content (AvgIpc) is 2.86. The summed E-state index contributed by atoms with van der Waals surface area (Å²) in [5.74, 6) is 1.02. The van der Waals surface area contributed by atoms with Crippen LogP contribution in [0.15, 0.2) is 16.8 Å². The molecule has 104 valence electrons. The SMILES string of the molecule is CN1C(=O)CCC[C@@H]2CN(Cc3ccsc3)CC[C@H]21. The molecule has 0 spiro atoms. The van der Waals surface area contributed by atoms with Gasteiger partial charge in [-0.3, -0.25) is 9.69 Å². The van der Waals surface area contributed by atoms with Crippen molar-refractivity contribution in [1.82, 2.24) is 9.80 Å². The zero-order valence-corrected chi connectivity index (χ0v) is 12.4. The molecular weight excluding hydrogens is 256 g/mol. The topological polar surface area (TPSA) is 23.6 Å². The third-order valence-corrected chi connectivity index (χ3v) is 5.35. The number of carbonyl (C=O) groups excluding carboxylic acids is 1. The lowest BCUT2D eigenvalue weighted by molar-refractivity contribution is -0.132. The van der Waals surface area contributed by atoms with Crippen molar-refractivity contribution in [3.63, 3.8) is 0 Å². The van der Waals surface area contributed by atoms with Crippen molar-refractivity contribution in [2.24, 2.45) is 5.92 Å². The van der Waals surface area contributed by atoms with Gasteiger partial charge in [-0.25, -0.2) is 0 Å². The van der Waals surface area contributed by atoms with E-state index in [0.717, 1.165) is 38.9 Å². The van der Waals surface area contributed by atoms with Gasteiger partial charge in [0.15, 0.2) is 0 Å². The van der Waals surface area contributed by atoms with Crippen LogP contribution in [-0.2, 0) is 11.3 Å². The molecule has 2 fully saturated rings. The standard InChI is InChI=1S/C15H22N2OS/c1-16-14-5-7-17(9-12-6-8-19-11-12)10-13(14)3-2-4-15(16)18/h6,8,11,13-14H,2-5,7,9-10H2,1H3/t13-,14-/m1/s1. The number of hydrogen-bond acceptors (Lipinski definition) is 3. The second-order valence-corrected chi connectivity index (χ2v) is 6.66. The van der Waals surface area contributed by atoms with Crippen LogP contribution in [0, 0.1) is 5.92 Å². The first-order valence-electron chi connectivity index (χ1n) is 7.23. The summed E-state index contributed by atoms with van der Waals surface area (Å²) in [4.78, 5) is 16.5. The van der Waals surface area contributed by atoms with E-state index in [1.165, 1.54) is 12.0 Å². The lowest BCUT2D eigenvalue weighted by atomic mass is 9.88. The highest BCUT2D eigenvalue weighted by atomic mass is 32.1. The van der Waals surface area contributed by atoms with Gasteiger partial charge in [0.05, 0.1) is 0 Å². The molecule has 3 nitrogen and oxygen atoms in total. The summed E-state index contributed by atoms with van der Waals surface area (Å²) in [6.45, 7) is 3.34. The summed E-state index contributed by atoms with van der Waals surface area (Å²) in [6.07, 6.45) is 4.16. The van der Waals surface area contributed by atoms with Gasteiger partial charge in [-0.05, 0) is 47.6 Å². The van der Waals surface area contributed by atoms with Crippen LogP contribution in [0.1, 0.15) is 31.2 Å². The van der Waals surface area contributed by atoms with Crippen molar-refractivity contribution in [3.05, 3.63) is 22.4 Å². The quantitative estimate of drug-likeness (QED) is 0.830. The number of hydrogen-bond donors (Lipinski definition) is 0. The maximum absolute atomic E-state index is 11.9. The molecule has 0 aliphatic carbocycles. The molecule has 0 unspecified atom stereocenters. The van der Waals surface area contributed by atoms with Gasteiger partial charge >= 0.3 is 0 Å². The van der Waals surface area contributed by atoms with E-state index in [0.29, 0.717) is 17.9 Å². The molecule has 0 saturated carbocycles. The van der Waals surface area contributed by atoms with Gasteiger partial charge in [0.1, 0.15) is 0 Å². The van der Waals surface area contributed by atoms with Crippen LogP contribution in [0.5, 0.6) is 0 Å². The molecule has 2 atom stereocenters. The molecule has 3 heterocycles. The number of nitrogens with zero attached hydrogens (tertiary/aromatic N) is 2. The van der Waals surface area contributed by atoms with Crippen LogP contribution >= 0.6 is 11.3 Å². The van der Waals surface area contributed by atoms with Crippen LogP contribution in [-0.4, -0.2) is 41.9 Å². The Morgan fingerprint density at radius 2 is 2.32 bits per heavy atom. The average molecular weight is 278 g/mol. The summed E-state index contributed by atoms with van der Waals surface area (Å²) in [5.41, 5.74) is 1.43. The number of amides is 1. The van der Waals surface area contributed by atoms with E-state index >= 15 is 0 Å². The molecule has 1 aromatic heterocycles. The van der Waals surface area contributed by atoms with Crippen LogP contribution in [0.3, 0.4) is 0 Å². The van der Waals surface area contributed by atoms with E-state index < -0.39 is 0 Å². The van der Waals surface area contributed by atoms with Gasteiger partial charge in [-0.1, -0.05) is 0 Å². The van der Waals surface area contributed by atoms with E-state index in [-0.39, 0.29) is 0 Å². The van der Waals surface area contributed by atoms with Crippen LogP contribution in [0.25, 0.3) is 0 Å². The number of fused-ring (bicyclic) bond motifs is 1. The van der Waals surface area contributed by atoms with Gasteiger partial charge in [0.2, 0.25) is 5.91 Å². The molecule has 4 heteroatoms. The van der Waals surface area contributed by atoms with Gasteiger partial charge in [0.25, 0.3) is 0 Å². The number of thiophene rings is 1. The highest BCUT2D eigenvalue weighted by Gasteiger charge is 2.35. The fourth-order valence-electron chi connectivity index (χ4n) is 3.55. The largest absolute Gasteiger partial charge is 0.342 e. The maximum atomic E-state index is 11.9. The van der Waals surface area contributed by atoms with E-state index in [9.17, 15) is 4.79 Å². The number of carbonyl (C=O) groups is 1. The maximum Gasteiger partial charge on any atom is 0.222 e. The molecule has 2 aliphatic rings. The second kappa shape index (κ2) is 5.63. The number of likely N-dealkylation sites (tertiary alicyclic amines) is 2. The van der Waals surface area contributed by atoms with Crippen molar-refractivity contribution < 1.29 is 4.79 Å². The van der Waals surface area contributed by atoms with E-state index in [1.807, 2.05) is 11.9 Å². The molecule has 1 amide bonds. The predicted octanol–water partition coefficient (Wildman–Crippen LogP) is 2.58. The first-order valence-corrected chi connectivity index (χ1v) is 8.17. The molecule has 3 rings (SSSR count). The Hall–Kier alpha value is -0.870. The normalized spacial score (nSPS) is 29.1. The number of piperidine rings is 1. The number of rotatable bonds is 2. The molecular formula is C15H22N2OS. The van der Waals surface area contributed by atoms with Gasteiger partial charge < -0.3 is 4.90 Å². The Morgan fingerprint density at radius 3 is 3.11 bits per heavy atom. The fourth-order valence-corrected chi connectivity index (χ4v) is 4.21. The summed E-state index contributed by atoms with van der Waals surface area (Å²) in [6, 6.07) is 2.70. The lowest BCUT2D eigenvalue weighted by Gasteiger charge is -2.41. The molecule has 2 aliphatic heterocycles. The minimum atomic E-state index is 0.346. The summed E-state index contributed by atoms with van der Waals surface area (Å²) in [5, 5.41) is 4.40. The summed E-state index contributed by atoms with van der Waals surface area (Å²) < 4.78 is 0. The van der Waals surface area contributed by atoms with E-state index in [1.54, 1.807) is 11.3 Å². The highest BCUT2D eigenvalue weighted by Crippen LogP contribution is 2.30. The summed E-state index contributed by atoms with van der Waals surface area (Å²) in [7, 11) is 2.00. The Balaban J connectivity index is 1.64. The molecule has 0 aromatic carbocycles. The molecule has 2 saturated heterocycles. The monoisotopic (exact) mass is 278 g/mol. The van der Waals surface area contributed by atoms with Crippen molar-refractivity contribution in [2.45, 2.75) is 38.3 Å². The minimum absolute atomic E-state index is 0.346. The molecule has 19 heavy (non-hydrogen) atoms. The Kier molecular flexibility index (Phi) is 3.89. The predicted molar refractivity (Wildman–Crippen MR) is 78.1 cm³/mol. The van der Waals surface area contributed by atoms with E-state index in [4.69, 9.17) is 0 Å². The van der Waals surface area contributed by atoms with Crippen molar-refractivity contribution >= 4 is 17.2 Å². The second-order valence-electron chi connectivity index (χ2n) is 5.88. The van der Waals surface area contributed by atoms with Crippen LogP contribution in [0.4, 0.5) is 0 Å². The van der Waals surface area contributed by atoms with Crippen LogP contribution in [0.2, 0.25) is 0 Å². The molecule has 1 aromatic rings. The van der Waals surface area contributed by atoms with Crippen molar-refractivity contribution in [1.29, 1.82) is 0 Å². The minimum Gasteiger partial charge on any atom is -0.342 e. The summed E-state index contributed by atoms with van der Waals surface area (Å²) >= 11 is 1.78. The molecule has 0 bridgehead atoms. The first kappa shape index (κ1) is 13.1. The van der Waals surface area contributed by atoms with Gasteiger partial charge in [-0.2, -0.15) is 11.3 Å². The van der Waals surface area contributed by atoms with E-state index in [2.05, 4.69) is 21.7 Å². The zero-order chi connectivity index (χ0) is 13.2. The first-order chi connectivity index (χ1) is 9.24. The zero-order valence-electron chi connectivity index (χ0n) is 11.5. The third-order valence-electron chi connectivity index (χ3n) is 4.62. The Labute approximate surface area is 119 Å². The Morgan fingerprint density at radius 1 is 1.42 bits per heavy atom. The van der Waals surface area contributed by atoms with Crippen molar-refractivity contribution in [3.8, 4) is 0 Å². The van der Waals surface area contributed by atoms with Gasteiger partial charge in [-0.15, -0.1) is 0 Å². The molecule has 0 radical (unpaired) electrons. The van der Waals surface area contributed by atoms with Crippen LogP contribution < -0.4 is 0 Å². The third kappa shape index (κ3) is 2.84.